The van der Waals surface area contributed by atoms with Crippen molar-refractivity contribution < 1.29 is 9.53 Å². The highest BCUT2D eigenvalue weighted by atomic mass is 35.5. The van der Waals surface area contributed by atoms with Crippen LogP contribution in [0.3, 0.4) is 0 Å². The lowest BCUT2D eigenvalue weighted by molar-refractivity contribution is -0.111. The van der Waals surface area contributed by atoms with E-state index >= 15 is 0 Å². The van der Waals surface area contributed by atoms with E-state index < -0.39 is 5.91 Å². The van der Waals surface area contributed by atoms with E-state index in [2.05, 4.69) is 20.7 Å². The van der Waals surface area contributed by atoms with Crippen molar-refractivity contribution in [1.29, 1.82) is 0 Å². The Labute approximate surface area is 130 Å². The van der Waals surface area contributed by atoms with Crippen LogP contribution in [0.15, 0.2) is 18.2 Å². The number of methoxy groups -OCH3 is 1. The molecule has 0 bridgehead atoms. The van der Waals surface area contributed by atoms with E-state index in [-0.39, 0.29) is 5.95 Å². The largest absolute Gasteiger partial charge is 0.495 e. The SMILES string of the molecule is COc1c(Cl)cc(Cl)cc1C=CC(=O)Nc1nnn(C)n1. The number of ether oxygens (including phenoxy) is 1. The van der Waals surface area contributed by atoms with Crippen molar-refractivity contribution in [2.75, 3.05) is 12.4 Å². The molecule has 2 aromatic rings. The molecule has 0 atom stereocenters. The zero-order valence-corrected chi connectivity index (χ0v) is 12.7. The maximum absolute atomic E-state index is 11.7. The van der Waals surface area contributed by atoms with Gasteiger partial charge in [-0.05, 0) is 23.4 Å². The van der Waals surface area contributed by atoms with Gasteiger partial charge in [0.2, 0.25) is 0 Å². The van der Waals surface area contributed by atoms with Crippen LogP contribution in [0.4, 0.5) is 5.95 Å². The average molecular weight is 328 g/mol. The molecule has 0 aliphatic carbocycles. The van der Waals surface area contributed by atoms with Gasteiger partial charge in [-0.2, -0.15) is 4.80 Å². The molecule has 1 aromatic carbocycles. The topological polar surface area (TPSA) is 81.9 Å². The molecule has 0 saturated heterocycles. The van der Waals surface area contributed by atoms with Crippen molar-refractivity contribution in [3.8, 4) is 5.75 Å². The first-order valence-corrected chi connectivity index (χ1v) is 6.51. The normalized spacial score (nSPS) is 10.9. The number of aromatic nitrogens is 4. The van der Waals surface area contributed by atoms with Crippen molar-refractivity contribution in [1.82, 2.24) is 20.2 Å². The number of hydrogen-bond donors (Lipinski definition) is 1. The first-order chi connectivity index (χ1) is 9.99. The molecular weight excluding hydrogens is 317 g/mol. The van der Waals surface area contributed by atoms with Crippen molar-refractivity contribution >= 4 is 41.1 Å². The van der Waals surface area contributed by atoms with Gasteiger partial charge in [-0.1, -0.05) is 28.3 Å². The van der Waals surface area contributed by atoms with Crippen molar-refractivity contribution in [2.24, 2.45) is 7.05 Å². The Morgan fingerprint density at radius 2 is 2.19 bits per heavy atom. The molecular formula is C12H11Cl2N5O2. The van der Waals surface area contributed by atoms with Gasteiger partial charge in [0, 0.05) is 16.7 Å². The zero-order valence-electron chi connectivity index (χ0n) is 11.2. The maximum Gasteiger partial charge on any atom is 0.270 e. The van der Waals surface area contributed by atoms with E-state index in [1.165, 1.54) is 24.1 Å². The van der Waals surface area contributed by atoms with Crippen LogP contribution in [-0.2, 0) is 11.8 Å². The lowest BCUT2D eigenvalue weighted by Crippen LogP contribution is -2.09. The Hall–Kier alpha value is -2.12. The fraction of sp³-hybridized carbons (Fsp3) is 0.167. The van der Waals surface area contributed by atoms with Crippen LogP contribution < -0.4 is 10.1 Å². The predicted molar refractivity (Wildman–Crippen MR) is 79.5 cm³/mol. The molecule has 0 aliphatic heterocycles. The summed E-state index contributed by atoms with van der Waals surface area (Å²) in [6.07, 6.45) is 2.82. The Morgan fingerprint density at radius 3 is 2.81 bits per heavy atom. The molecule has 0 spiro atoms. The monoisotopic (exact) mass is 327 g/mol. The third-order valence-electron chi connectivity index (χ3n) is 2.40. The van der Waals surface area contributed by atoms with Crippen LogP contribution in [-0.4, -0.2) is 33.2 Å². The first kappa shape index (κ1) is 15.3. The molecule has 9 heteroatoms. The van der Waals surface area contributed by atoms with Crippen LogP contribution in [0.25, 0.3) is 6.08 Å². The minimum atomic E-state index is -0.416. The summed E-state index contributed by atoms with van der Waals surface area (Å²) in [5.74, 6) is 0.132. The third kappa shape index (κ3) is 3.93. The molecule has 1 amide bonds. The second-order valence-electron chi connectivity index (χ2n) is 3.94. The number of amides is 1. The van der Waals surface area contributed by atoms with Gasteiger partial charge >= 0.3 is 0 Å². The number of nitrogens with zero attached hydrogens (tertiary/aromatic N) is 4. The summed E-state index contributed by atoms with van der Waals surface area (Å²) in [6.45, 7) is 0. The molecule has 1 heterocycles. The van der Waals surface area contributed by atoms with E-state index in [9.17, 15) is 4.79 Å². The Bertz CT molecular complexity index is 699. The molecule has 1 N–H and O–H groups in total. The van der Waals surface area contributed by atoms with E-state index in [0.717, 1.165) is 0 Å². The third-order valence-corrected chi connectivity index (χ3v) is 2.90. The summed E-state index contributed by atoms with van der Waals surface area (Å²) in [7, 11) is 3.08. The number of aryl methyl sites for hydroxylation is 1. The summed E-state index contributed by atoms with van der Waals surface area (Å²) in [5, 5.41) is 14.3. The smallest absolute Gasteiger partial charge is 0.270 e. The molecule has 0 fully saturated rings. The predicted octanol–water partition coefficient (Wildman–Crippen LogP) is 2.18. The molecule has 0 aliphatic rings. The van der Waals surface area contributed by atoms with Crippen molar-refractivity contribution in [3.63, 3.8) is 0 Å². The second kappa shape index (κ2) is 6.55. The number of halogens is 2. The number of carbonyl (C=O) groups excluding carboxylic acids is 1. The van der Waals surface area contributed by atoms with Crippen molar-refractivity contribution in [3.05, 3.63) is 33.8 Å². The van der Waals surface area contributed by atoms with Gasteiger partial charge in [0.1, 0.15) is 5.75 Å². The van der Waals surface area contributed by atoms with Crippen LogP contribution in [0.1, 0.15) is 5.56 Å². The molecule has 0 radical (unpaired) electrons. The first-order valence-electron chi connectivity index (χ1n) is 5.75. The highest BCUT2D eigenvalue weighted by Crippen LogP contribution is 2.32. The lowest BCUT2D eigenvalue weighted by atomic mass is 10.2. The highest BCUT2D eigenvalue weighted by molar-refractivity contribution is 6.36. The number of nitrogens with one attached hydrogen (secondary N) is 1. The Morgan fingerprint density at radius 1 is 1.43 bits per heavy atom. The quantitative estimate of drug-likeness (QED) is 0.870. The fourth-order valence-corrected chi connectivity index (χ4v) is 2.16. The number of hydrogen-bond acceptors (Lipinski definition) is 5. The van der Waals surface area contributed by atoms with Gasteiger partial charge < -0.3 is 4.74 Å². The Balaban J connectivity index is 2.15. The van der Waals surface area contributed by atoms with Gasteiger partial charge in [0.05, 0.1) is 19.2 Å². The van der Waals surface area contributed by atoms with Gasteiger partial charge in [-0.3, -0.25) is 10.1 Å². The van der Waals surface area contributed by atoms with E-state index in [0.29, 0.717) is 21.4 Å². The number of benzene rings is 1. The summed E-state index contributed by atoms with van der Waals surface area (Å²) < 4.78 is 5.17. The van der Waals surface area contributed by atoms with E-state index in [1.54, 1.807) is 19.2 Å². The van der Waals surface area contributed by atoms with E-state index in [4.69, 9.17) is 27.9 Å². The van der Waals surface area contributed by atoms with Crippen LogP contribution >= 0.6 is 23.2 Å². The second-order valence-corrected chi connectivity index (χ2v) is 4.78. The summed E-state index contributed by atoms with van der Waals surface area (Å²) in [4.78, 5) is 13.0. The Kier molecular flexibility index (Phi) is 4.77. The highest BCUT2D eigenvalue weighted by Gasteiger charge is 2.08. The van der Waals surface area contributed by atoms with Gasteiger partial charge in [-0.15, -0.1) is 5.10 Å². The average Bonchev–Trinajstić information content (AvgIpc) is 2.81. The number of carbonyl (C=O) groups is 1. The lowest BCUT2D eigenvalue weighted by Gasteiger charge is -2.07. The maximum atomic E-state index is 11.7. The fourth-order valence-electron chi connectivity index (χ4n) is 1.57. The van der Waals surface area contributed by atoms with Gasteiger partial charge in [0.25, 0.3) is 11.9 Å². The van der Waals surface area contributed by atoms with Crippen LogP contribution in [0.2, 0.25) is 10.0 Å². The van der Waals surface area contributed by atoms with Crippen molar-refractivity contribution in [2.45, 2.75) is 0 Å². The van der Waals surface area contributed by atoms with E-state index in [1.807, 2.05) is 0 Å². The molecule has 0 saturated carbocycles. The molecule has 0 unspecified atom stereocenters. The zero-order chi connectivity index (χ0) is 15.4. The summed E-state index contributed by atoms with van der Waals surface area (Å²) in [5.41, 5.74) is 0.581. The minimum Gasteiger partial charge on any atom is -0.495 e. The molecule has 1 aromatic heterocycles. The van der Waals surface area contributed by atoms with Gasteiger partial charge in [0.15, 0.2) is 0 Å². The van der Waals surface area contributed by atoms with Crippen LogP contribution in [0, 0.1) is 0 Å². The summed E-state index contributed by atoms with van der Waals surface area (Å²) >= 11 is 11.9. The molecule has 110 valence electrons. The molecule has 21 heavy (non-hydrogen) atoms. The standard InChI is InChI=1S/C12H11Cl2N5O2/c1-19-17-12(16-18-19)15-10(20)4-3-7-5-8(13)6-9(14)11(7)21-2/h3-6H,1-2H3,(H,15,17,20). The molecule has 7 nitrogen and oxygen atoms in total. The minimum absolute atomic E-state index is 0.114. The number of anilines is 1. The molecule has 2 rings (SSSR count). The number of rotatable bonds is 4. The number of tetrazole rings is 1. The van der Waals surface area contributed by atoms with Gasteiger partial charge in [-0.25, -0.2) is 0 Å². The van der Waals surface area contributed by atoms with Crippen LogP contribution in [0.5, 0.6) is 5.75 Å². The summed E-state index contributed by atoms with van der Waals surface area (Å²) in [6, 6.07) is 3.19.